The van der Waals surface area contributed by atoms with Crippen molar-refractivity contribution in [2.75, 3.05) is 5.73 Å². The topological polar surface area (TPSA) is 171 Å². The first-order chi connectivity index (χ1) is 13.7. The molecule has 3 aromatic carbocycles. The smallest absolute Gasteiger partial charge is 0.347 e. The molecule has 0 aliphatic heterocycles. The molecule has 29 heavy (non-hydrogen) atoms. The number of hydrogen-bond donors (Lipinski definition) is 6. The number of aromatic hydroxyl groups is 4. The largest absolute Gasteiger partial charge is 0.507 e. The monoisotopic (exact) mass is 399 g/mol. The SMILES string of the molecule is Nc1ccc(C(=O)Oc2ccccc2)c(O)c1.O=C(O)c1cc(O)c(O)c(O)c1. The molecule has 0 aliphatic rings. The van der Waals surface area contributed by atoms with E-state index in [0.29, 0.717) is 11.4 Å². The Bertz CT molecular complexity index is 1010. The lowest BCUT2D eigenvalue weighted by Crippen LogP contribution is -2.08. The van der Waals surface area contributed by atoms with Crippen molar-refractivity contribution < 1.29 is 39.9 Å². The summed E-state index contributed by atoms with van der Waals surface area (Å²) in [5.74, 6) is -3.71. The van der Waals surface area contributed by atoms with Crippen LogP contribution >= 0.6 is 0 Å². The third-order valence-electron chi connectivity index (χ3n) is 3.51. The van der Waals surface area contributed by atoms with Crippen LogP contribution in [0.1, 0.15) is 20.7 Å². The van der Waals surface area contributed by atoms with Crippen molar-refractivity contribution in [3.8, 4) is 28.7 Å². The first-order valence-corrected chi connectivity index (χ1v) is 8.03. The van der Waals surface area contributed by atoms with Crippen LogP contribution in [0.3, 0.4) is 0 Å². The van der Waals surface area contributed by atoms with Crippen LogP contribution in [-0.4, -0.2) is 37.5 Å². The van der Waals surface area contributed by atoms with E-state index >= 15 is 0 Å². The number of phenols is 4. The highest BCUT2D eigenvalue weighted by molar-refractivity contribution is 5.94. The molecule has 0 aliphatic carbocycles. The highest BCUT2D eigenvalue weighted by Crippen LogP contribution is 2.35. The summed E-state index contributed by atoms with van der Waals surface area (Å²) in [5, 5.41) is 44.5. The Morgan fingerprint density at radius 2 is 1.38 bits per heavy atom. The number of para-hydroxylation sites is 1. The van der Waals surface area contributed by atoms with Crippen LogP contribution in [0.2, 0.25) is 0 Å². The number of phenolic OH excluding ortho intramolecular Hbond substituents is 4. The van der Waals surface area contributed by atoms with Crippen molar-refractivity contribution in [1.29, 1.82) is 0 Å². The van der Waals surface area contributed by atoms with Gasteiger partial charge in [0.15, 0.2) is 17.2 Å². The second-order valence-electron chi connectivity index (χ2n) is 5.65. The summed E-state index contributed by atoms with van der Waals surface area (Å²) in [5.41, 5.74) is 5.65. The number of rotatable bonds is 3. The summed E-state index contributed by atoms with van der Waals surface area (Å²) in [6.07, 6.45) is 0. The van der Waals surface area contributed by atoms with Gasteiger partial charge in [0, 0.05) is 11.8 Å². The van der Waals surface area contributed by atoms with Crippen LogP contribution in [0.25, 0.3) is 0 Å². The van der Waals surface area contributed by atoms with Gasteiger partial charge in [-0.05, 0) is 36.4 Å². The van der Waals surface area contributed by atoms with Gasteiger partial charge in [-0.25, -0.2) is 9.59 Å². The summed E-state index contributed by atoms with van der Waals surface area (Å²) in [4.78, 5) is 22.0. The number of carbonyl (C=O) groups excluding carboxylic acids is 1. The van der Waals surface area contributed by atoms with E-state index in [4.69, 9.17) is 30.9 Å². The number of anilines is 1. The molecule has 0 saturated carbocycles. The van der Waals surface area contributed by atoms with Gasteiger partial charge < -0.3 is 36.0 Å². The van der Waals surface area contributed by atoms with Crippen molar-refractivity contribution in [3.63, 3.8) is 0 Å². The summed E-state index contributed by atoms with van der Waals surface area (Å²) >= 11 is 0. The first kappa shape index (κ1) is 20.9. The quantitative estimate of drug-likeness (QED) is 0.168. The number of carbonyl (C=O) groups is 2. The van der Waals surface area contributed by atoms with Crippen LogP contribution in [0.4, 0.5) is 5.69 Å². The molecule has 9 nitrogen and oxygen atoms in total. The van der Waals surface area contributed by atoms with Crippen molar-refractivity contribution in [1.82, 2.24) is 0 Å². The lowest BCUT2D eigenvalue weighted by molar-refractivity contribution is 0.0693. The Morgan fingerprint density at radius 3 is 1.90 bits per heavy atom. The molecule has 0 amide bonds. The second kappa shape index (κ2) is 9.00. The fraction of sp³-hybridized carbons (Fsp3) is 0. The Morgan fingerprint density at radius 1 is 0.793 bits per heavy atom. The van der Waals surface area contributed by atoms with E-state index in [1.54, 1.807) is 24.3 Å². The van der Waals surface area contributed by atoms with E-state index in [1.165, 1.54) is 18.2 Å². The highest BCUT2D eigenvalue weighted by atomic mass is 16.5. The molecule has 0 saturated heterocycles. The fourth-order valence-electron chi connectivity index (χ4n) is 2.10. The van der Waals surface area contributed by atoms with Crippen molar-refractivity contribution in [2.45, 2.75) is 0 Å². The Hall–Kier alpha value is -4.40. The fourth-order valence-corrected chi connectivity index (χ4v) is 2.10. The van der Waals surface area contributed by atoms with E-state index in [1.807, 2.05) is 6.07 Å². The van der Waals surface area contributed by atoms with E-state index in [2.05, 4.69) is 0 Å². The molecule has 7 N–H and O–H groups in total. The highest BCUT2D eigenvalue weighted by Gasteiger charge is 2.13. The second-order valence-corrected chi connectivity index (χ2v) is 5.65. The van der Waals surface area contributed by atoms with Crippen LogP contribution in [0, 0.1) is 0 Å². The van der Waals surface area contributed by atoms with E-state index in [9.17, 15) is 14.7 Å². The predicted octanol–water partition coefficient (Wildman–Crippen LogP) is 2.70. The average Bonchev–Trinajstić information content (AvgIpc) is 2.66. The van der Waals surface area contributed by atoms with E-state index in [-0.39, 0.29) is 16.9 Å². The predicted molar refractivity (Wildman–Crippen MR) is 102 cm³/mol. The van der Waals surface area contributed by atoms with Crippen molar-refractivity contribution in [3.05, 3.63) is 71.8 Å². The molecule has 0 unspecified atom stereocenters. The molecule has 0 spiro atoms. The summed E-state index contributed by atoms with van der Waals surface area (Å²) < 4.78 is 5.08. The molecule has 0 heterocycles. The summed E-state index contributed by atoms with van der Waals surface area (Å²) in [6.45, 7) is 0. The van der Waals surface area contributed by atoms with Gasteiger partial charge in [0.25, 0.3) is 0 Å². The van der Waals surface area contributed by atoms with Crippen molar-refractivity contribution in [2.24, 2.45) is 0 Å². The Kier molecular flexibility index (Phi) is 6.49. The number of ether oxygens (including phenoxy) is 1. The van der Waals surface area contributed by atoms with Gasteiger partial charge in [-0.15, -0.1) is 0 Å². The van der Waals surface area contributed by atoms with E-state index in [0.717, 1.165) is 12.1 Å². The minimum Gasteiger partial charge on any atom is -0.507 e. The number of carboxylic acid groups (broad SMARTS) is 1. The molecule has 0 bridgehead atoms. The number of aromatic carboxylic acids is 1. The minimum absolute atomic E-state index is 0.0862. The van der Waals surface area contributed by atoms with Gasteiger partial charge in [0.2, 0.25) is 0 Å². The standard InChI is InChI=1S/C13H11NO3.C7H6O5/c14-9-6-7-11(12(15)8-9)13(16)17-10-4-2-1-3-5-10;8-4-1-3(7(11)12)2-5(9)6(4)10/h1-8,15H,14H2;1-2,8-10H,(H,11,12). The van der Waals surface area contributed by atoms with Gasteiger partial charge in [0.1, 0.15) is 17.1 Å². The lowest BCUT2D eigenvalue weighted by atomic mass is 10.2. The molecular weight excluding hydrogens is 382 g/mol. The van der Waals surface area contributed by atoms with Gasteiger partial charge in [-0.2, -0.15) is 0 Å². The van der Waals surface area contributed by atoms with Gasteiger partial charge in [0.05, 0.1) is 5.56 Å². The van der Waals surface area contributed by atoms with Gasteiger partial charge >= 0.3 is 11.9 Å². The Labute approximate surface area is 164 Å². The van der Waals surface area contributed by atoms with E-state index < -0.39 is 29.2 Å². The molecule has 3 rings (SSSR count). The number of esters is 1. The molecule has 0 radical (unpaired) electrons. The zero-order valence-corrected chi connectivity index (χ0v) is 14.8. The summed E-state index contributed by atoms with van der Waals surface area (Å²) in [7, 11) is 0. The number of nitrogen functional groups attached to an aromatic ring is 1. The molecule has 3 aromatic rings. The number of nitrogens with two attached hydrogens (primary N) is 1. The molecule has 0 atom stereocenters. The maximum atomic E-state index is 11.7. The third kappa shape index (κ3) is 5.54. The number of carboxylic acids is 1. The molecule has 9 heteroatoms. The average molecular weight is 399 g/mol. The zero-order chi connectivity index (χ0) is 21.6. The summed E-state index contributed by atoms with van der Waals surface area (Å²) in [6, 6.07) is 14.6. The minimum atomic E-state index is -1.29. The maximum Gasteiger partial charge on any atom is 0.347 e. The van der Waals surface area contributed by atoms with Crippen LogP contribution in [-0.2, 0) is 0 Å². The van der Waals surface area contributed by atoms with Crippen molar-refractivity contribution >= 4 is 17.6 Å². The van der Waals surface area contributed by atoms with Crippen LogP contribution in [0.5, 0.6) is 28.7 Å². The van der Waals surface area contributed by atoms with Crippen LogP contribution in [0.15, 0.2) is 60.7 Å². The Balaban J connectivity index is 0.000000221. The first-order valence-electron chi connectivity index (χ1n) is 8.03. The molecule has 0 aromatic heterocycles. The third-order valence-corrected chi connectivity index (χ3v) is 3.51. The zero-order valence-electron chi connectivity index (χ0n) is 14.8. The number of benzene rings is 3. The van der Waals surface area contributed by atoms with Gasteiger partial charge in [-0.3, -0.25) is 0 Å². The number of hydrogen-bond acceptors (Lipinski definition) is 8. The molecule has 0 fully saturated rings. The maximum absolute atomic E-state index is 11.7. The molecular formula is C20H17NO8. The lowest BCUT2D eigenvalue weighted by Gasteiger charge is -2.06. The van der Waals surface area contributed by atoms with Crippen LogP contribution < -0.4 is 10.5 Å². The molecule has 150 valence electrons. The van der Waals surface area contributed by atoms with Gasteiger partial charge in [-0.1, -0.05) is 18.2 Å². The normalized spacial score (nSPS) is 9.79.